The van der Waals surface area contributed by atoms with E-state index in [0.717, 1.165) is 31.2 Å². The first kappa shape index (κ1) is 63.4. The van der Waals surface area contributed by atoms with Crippen LogP contribution in [0.25, 0.3) is 0 Å². The number of carbonyl (C=O) groups excluding carboxylic acids is 8. The van der Waals surface area contributed by atoms with E-state index in [1.165, 1.54) is 0 Å². The zero-order valence-corrected chi connectivity index (χ0v) is 49.0. The van der Waals surface area contributed by atoms with Crippen LogP contribution < -0.4 is 31.9 Å². The second kappa shape index (κ2) is 29.7. The largest absolute Gasteiger partial charge is 0.352 e. The molecular formula is C61H92N10O8. The summed E-state index contributed by atoms with van der Waals surface area (Å²) in [5, 5.41) is 17.6. The third-order valence-electron chi connectivity index (χ3n) is 15.8. The Morgan fingerprint density at radius 2 is 1.04 bits per heavy atom. The molecule has 0 radical (unpaired) electrons. The Morgan fingerprint density at radius 3 is 1.46 bits per heavy atom. The summed E-state index contributed by atoms with van der Waals surface area (Å²) in [5.74, 6) is -1.42. The fourth-order valence-corrected chi connectivity index (χ4v) is 10.4. The molecule has 3 aliphatic rings. The van der Waals surface area contributed by atoms with Gasteiger partial charge in [0.2, 0.25) is 35.4 Å². The van der Waals surface area contributed by atoms with E-state index in [9.17, 15) is 38.4 Å². The van der Waals surface area contributed by atoms with E-state index < -0.39 is 46.8 Å². The number of hydrogen-bond acceptors (Lipinski definition) is 10. The lowest BCUT2D eigenvalue weighted by Gasteiger charge is -2.38. The lowest BCUT2D eigenvalue weighted by Crippen LogP contribution is -2.59. The van der Waals surface area contributed by atoms with E-state index in [1.807, 2.05) is 98.7 Å². The minimum absolute atomic E-state index is 0.0273. The number of likely N-dealkylation sites (N-methyl/N-ethyl adjacent to an activating group) is 2. The number of hydrogen-bond donors (Lipinski definition) is 6. The fourth-order valence-electron chi connectivity index (χ4n) is 10.4. The summed E-state index contributed by atoms with van der Waals surface area (Å²) in [6.07, 6.45) is 12.8. The maximum absolute atomic E-state index is 14.3. The van der Waals surface area contributed by atoms with Gasteiger partial charge in [-0.2, -0.15) is 0 Å². The van der Waals surface area contributed by atoms with Crippen LogP contribution in [0.5, 0.6) is 0 Å². The minimum atomic E-state index is -0.762. The van der Waals surface area contributed by atoms with E-state index in [-0.39, 0.29) is 79.4 Å². The van der Waals surface area contributed by atoms with Gasteiger partial charge in [-0.15, -0.1) is 0 Å². The van der Waals surface area contributed by atoms with Gasteiger partial charge in [0.05, 0.1) is 12.1 Å². The molecule has 18 nitrogen and oxygen atoms in total. The van der Waals surface area contributed by atoms with E-state index in [4.69, 9.17) is 0 Å². The number of rotatable bonds is 26. The highest BCUT2D eigenvalue weighted by Gasteiger charge is 2.43. The molecule has 2 aromatic rings. The first-order valence-electron chi connectivity index (χ1n) is 28.6. The van der Waals surface area contributed by atoms with E-state index in [2.05, 4.69) is 51.0 Å². The lowest BCUT2D eigenvalue weighted by atomic mass is 9.85. The second-order valence-corrected chi connectivity index (χ2v) is 23.9. The van der Waals surface area contributed by atoms with Gasteiger partial charge in [-0.1, -0.05) is 103 Å². The van der Waals surface area contributed by atoms with Crippen molar-refractivity contribution < 1.29 is 38.4 Å². The van der Waals surface area contributed by atoms with Gasteiger partial charge in [-0.3, -0.25) is 38.4 Å². The Bertz CT molecular complexity index is 2450. The van der Waals surface area contributed by atoms with Crippen molar-refractivity contribution in [2.45, 2.75) is 150 Å². The Kier molecular flexibility index (Phi) is 23.9. The molecule has 0 spiro atoms. The molecule has 0 saturated carbocycles. The average molecular weight is 1090 g/mol. The highest BCUT2D eigenvalue weighted by atomic mass is 16.2. The second-order valence-electron chi connectivity index (χ2n) is 23.9. The van der Waals surface area contributed by atoms with Gasteiger partial charge in [0.25, 0.3) is 11.8 Å². The van der Waals surface area contributed by atoms with Crippen molar-refractivity contribution in [3.63, 3.8) is 0 Å². The third kappa shape index (κ3) is 18.6. The molecule has 18 heteroatoms. The summed E-state index contributed by atoms with van der Waals surface area (Å²) >= 11 is 0. The summed E-state index contributed by atoms with van der Waals surface area (Å²) in [7, 11) is 3.39. The fraction of sp³-hybridized carbons (Fsp3) is 0.607. The molecule has 8 amide bonds. The van der Waals surface area contributed by atoms with Crippen LogP contribution in [-0.4, -0.2) is 170 Å². The summed E-state index contributed by atoms with van der Waals surface area (Å²) in [6, 6.07) is 13.1. The van der Waals surface area contributed by atoms with Gasteiger partial charge in [0.1, 0.15) is 12.1 Å². The molecule has 2 unspecified atom stereocenters. The Labute approximate surface area is 470 Å². The zero-order chi connectivity index (χ0) is 58.0. The highest BCUT2D eigenvalue weighted by Crippen LogP contribution is 2.29. The number of benzene rings is 2. The molecule has 79 heavy (non-hydrogen) atoms. The van der Waals surface area contributed by atoms with Crippen LogP contribution in [0.2, 0.25) is 0 Å². The van der Waals surface area contributed by atoms with Gasteiger partial charge in [0.15, 0.2) is 0 Å². The van der Waals surface area contributed by atoms with Crippen LogP contribution >= 0.6 is 0 Å². The van der Waals surface area contributed by atoms with Gasteiger partial charge in [-0.05, 0) is 119 Å². The molecule has 2 saturated heterocycles. The van der Waals surface area contributed by atoms with Gasteiger partial charge < -0.3 is 51.5 Å². The van der Waals surface area contributed by atoms with E-state index in [0.29, 0.717) is 69.2 Å². The number of amides is 8. The Balaban J connectivity index is 1.17. The number of carbonyl (C=O) groups is 8. The van der Waals surface area contributed by atoms with Crippen LogP contribution in [-0.2, 0) is 35.2 Å². The normalized spacial score (nSPS) is 19.7. The van der Waals surface area contributed by atoms with Crippen molar-refractivity contribution in [2.75, 3.05) is 66.5 Å². The van der Waals surface area contributed by atoms with Crippen molar-refractivity contribution in [3.8, 4) is 0 Å². The molecule has 8 atom stereocenters. The van der Waals surface area contributed by atoms with E-state index in [1.54, 1.807) is 57.1 Å². The molecule has 2 aromatic carbocycles. The highest BCUT2D eigenvalue weighted by molar-refractivity contribution is 5.98. The maximum atomic E-state index is 14.3. The van der Waals surface area contributed by atoms with Gasteiger partial charge in [-0.25, -0.2) is 0 Å². The predicted molar refractivity (Wildman–Crippen MR) is 308 cm³/mol. The van der Waals surface area contributed by atoms with Crippen molar-refractivity contribution in [1.82, 2.24) is 51.5 Å². The quantitative estimate of drug-likeness (QED) is 0.0752. The summed E-state index contributed by atoms with van der Waals surface area (Å²) in [4.78, 5) is 117. The van der Waals surface area contributed by atoms with Crippen molar-refractivity contribution in [2.24, 2.45) is 22.7 Å². The number of nitrogens with one attached hydrogen (secondary N) is 6. The molecule has 5 rings (SSSR count). The van der Waals surface area contributed by atoms with Crippen LogP contribution in [0.15, 0.2) is 78.9 Å². The molecule has 6 N–H and O–H groups in total. The zero-order valence-electron chi connectivity index (χ0n) is 49.0. The Morgan fingerprint density at radius 1 is 0.608 bits per heavy atom. The number of likely N-dealkylation sites (tertiary alicyclic amines) is 2. The van der Waals surface area contributed by atoms with Crippen molar-refractivity contribution >= 4 is 47.3 Å². The standard InChI is InChI=1S/C61H92N10O8/c1-41-19-15-16-22-45(41)32-38-69(40-49-24-18-36-71(49)59(79)53(61(7,8)9)67-55(75)43(3)63-11)51(73)30-34-65-57(77)47-27-25-46(26-28-47)56(76)64-33-29-50(72)68(37-31-44-20-13-12-14-21-44)39-48-23-17-35-70(48)58(78)52(60(4,5)6)66-54(74)42(2)62-10/h12-16,19-22,25-28,41-43,45,48-49,52-53,62-63H,17-18,23-24,29-40H2,1-11H3,(H,64,76)(H,65,77)(H,66,74)(H,67,75)/t41?,42-,43-,45?,48-,49-,52+,53+/m0/s1. The first-order chi connectivity index (χ1) is 37.4. The van der Waals surface area contributed by atoms with Crippen LogP contribution in [0.3, 0.4) is 0 Å². The monoisotopic (exact) mass is 1090 g/mol. The molecular weight excluding hydrogens is 1000 g/mol. The summed E-state index contributed by atoms with van der Waals surface area (Å²) in [5.41, 5.74) is 0.562. The maximum Gasteiger partial charge on any atom is 0.251 e. The summed E-state index contributed by atoms with van der Waals surface area (Å²) < 4.78 is 0. The summed E-state index contributed by atoms with van der Waals surface area (Å²) in [6.45, 7) is 20.0. The van der Waals surface area contributed by atoms with Crippen molar-refractivity contribution in [3.05, 3.63) is 95.6 Å². The predicted octanol–water partition coefficient (Wildman–Crippen LogP) is 4.85. The Hall–Kier alpha value is -6.40. The molecule has 434 valence electrons. The first-order valence-corrected chi connectivity index (χ1v) is 28.6. The van der Waals surface area contributed by atoms with Crippen LogP contribution in [0, 0.1) is 22.7 Å². The molecule has 0 bridgehead atoms. The smallest absolute Gasteiger partial charge is 0.251 e. The van der Waals surface area contributed by atoms with Gasteiger partial charge in [0, 0.05) is 88.4 Å². The topological polar surface area (TPSA) is 222 Å². The average Bonchev–Trinajstić information content (AvgIpc) is 4.11. The minimum Gasteiger partial charge on any atom is -0.352 e. The SMILES string of the molecule is CN[C@@H](C)C(=O)N[C@H](C(=O)N1CCC[C@H]1CN(CCc1ccccc1)C(=O)CCNC(=O)c1ccc(C(=O)NCCC(=O)N(CCC2C=CC=CC2C)C[C@@H]2CCCN2C(=O)[C@@H](NC(=O)[C@H](C)NC)C(C)(C)C)cc1)C(C)(C)C. The van der Waals surface area contributed by atoms with Crippen molar-refractivity contribution in [1.29, 1.82) is 0 Å². The van der Waals surface area contributed by atoms with Crippen LogP contribution in [0.1, 0.15) is 134 Å². The lowest BCUT2D eigenvalue weighted by molar-refractivity contribution is -0.142. The molecule has 2 heterocycles. The number of allylic oxidation sites excluding steroid dienone is 4. The van der Waals surface area contributed by atoms with Gasteiger partial charge >= 0.3 is 0 Å². The van der Waals surface area contributed by atoms with E-state index >= 15 is 0 Å². The molecule has 0 aromatic heterocycles. The molecule has 2 aliphatic heterocycles. The molecule has 1 aliphatic carbocycles. The number of nitrogens with zero attached hydrogens (tertiary/aromatic N) is 4. The molecule has 2 fully saturated rings. The van der Waals surface area contributed by atoms with Crippen LogP contribution in [0.4, 0.5) is 0 Å². The third-order valence-corrected chi connectivity index (χ3v) is 15.8.